The van der Waals surface area contributed by atoms with Crippen molar-refractivity contribution in [2.75, 3.05) is 18.0 Å². The zero-order valence-corrected chi connectivity index (χ0v) is 17.2. The lowest BCUT2D eigenvalue weighted by Gasteiger charge is -2.18. The Labute approximate surface area is 177 Å². The van der Waals surface area contributed by atoms with Gasteiger partial charge >= 0.3 is 6.03 Å². The van der Waals surface area contributed by atoms with E-state index in [1.54, 1.807) is 38.9 Å². The molecular weight excluding hydrogens is 399 g/mol. The lowest BCUT2D eigenvalue weighted by atomic mass is 10.2. The van der Waals surface area contributed by atoms with Crippen molar-refractivity contribution in [3.8, 4) is 5.69 Å². The van der Waals surface area contributed by atoms with Crippen LogP contribution in [0.15, 0.2) is 53.1 Å². The summed E-state index contributed by atoms with van der Waals surface area (Å²) < 4.78 is 21.5. The van der Waals surface area contributed by atoms with E-state index in [-0.39, 0.29) is 24.3 Å². The van der Waals surface area contributed by atoms with Crippen molar-refractivity contribution in [2.24, 2.45) is 0 Å². The molecule has 4 aromatic rings. The summed E-state index contributed by atoms with van der Waals surface area (Å²) in [4.78, 5) is 16.5. The second-order valence-electron chi connectivity index (χ2n) is 7.76. The highest BCUT2D eigenvalue weighted by Crippen LogP contribution is 2.31. The Kier molecular flexibility index (Phi) is 4.65. The van der Waals surface area contributed by atoms with Crippen molar-refractivity contribution in [1.29, 1.82) is 0 Å². The molecule has 0 radical (unpaired) electrons. The first-order chi connectivity index (χ1) is 15.0. The molecule has 3 heterocycles. The largest absolute Gasteiger partial charge is 0.423 e. The van der Waals surface area contributed by atoms with Gasteiger partial charge in [0.25, 0.3) is 0 Å². The van der Waals surface area contributed by atoms with Crippen LogP contribution in [0.2, 0.25) is 0 Å². The maximum absolute atomic E-state index is 14.3. The number of urea groups is 1. The minimum atomic E-state index is -0.360. The number of aromatic nitrogens is 4. The average molecular weight is 420 g/mol. The van der Waals surface area contributed by atoms with Crippen LogP contribution in [0, 0.1) is 5.82 Å². The Morgan fingerprint density at radius 1 is 1.06 bits per heavy atom. The van der Waals surface area contributed by atoms with Gasteiger partial charge in [-0.15, -0.1) is 10.2 Å². The molecule has 2 aromatic carbocycles. The molecule has 2 amide bonds. The number of carbonyl (C=O) groups is 1. The van der Waals surface area contributed by atoms with Gasteiger partial charge in [0.15, 0.2) is 0 Å². The summed E-state index contributed by atoms with van der Waals surface area (Å²) >= 11 is 0. The molecule has 1 aliphatic heterocycles. The Morgan fingerprint density at radius 3 is 2.65 bits per heavy atom. The van der Waals surface area contributed by atoms with Crippen LogP contribution in [0.5, 0.6) is 0 Å². The van der Waals surface area contributed by atoms with Crippen molar-refractivity contribution in [3.63, 3.8) is 0 Å². The zero-order valence-electron chi connectivity index (χ0n) is 17.2. The number of amides is 2. The molecule has 0 unspecified atom stereocenters. The Balaban J connectivity index is 1.43. The Bertz CT molecular complexity index is 1260. The van der Waals surface area contributed by atoms with E-state index >= 15 is 0 Å². The molecule has 0 N–H and O–H groups in total. The summed E-state index contributed by atoms with van der Waals surface area (Å²) in [5.41, 5.74) is 1.83. The Morgan fingerprint density at radius 2 is 1.87 bits per heavy atom. The molecule has 0 saturated carbocycles. The normalized spacial score (nSPS) is 14.4. The van der Waals surface area contributed by atoms with E-state index in [2.05, 4.69) is 15.3 Å². The van der Waals surface area contributed by atoms with Crippen LogP contribution >= 0.6 is 0 Å². The first kappa shape index (κ1) is 19.2. The maximum Gasteiger partial charge on any atom is 0.325 e. The standard InChI is InChI=1S/C22H21FN6O2/c1-14(2)21-26-25-20(31-21)13-27-10-11-28(22(27)30)17-8-5-9-18-15(17)12-24-29(18)19-7-4-3-6-16(19)23/h3-9,12,14H,10-11,13H2,1-2H3. The smallest absolute Gasteiger partial charge is 0.325 e. The fraction of sp³-hybridized carbons (Fsp3) is 0.273. The predicted molar refractivity (Wildman–Crippen MR) is 113 cm³/mol. The van der Waals surface area contributed by atoms with Gasteiger partial charge in [0, 0.05) is 24.4 Å². The number of hydrogen-bond acceptors (Lipinski definition) is 5. The molecule has 0 aliphatic carbocycles. The number of para-hydroxylation sites is 1. The summed E-state index contributed by atoms with van der Waals surface area (Å²) in [6, 6.07) is 11.9. The zero-order chi connectivity index (χ0) is 21.5. The highest BCUT2D eigenvalue weighted by Gasteiger charge is 2.32. The molecule has 158 valence electrons. The maximum atomic E-state index is 14.3. The number of carbonyl (C=O) groups excluding carboxylic acids is 1. The van der Waals surface area contributed by atoms with Gasteiger partial charge in [-0.1, -0.05) is 32.0 Å². The molecule has 8 nitrogen and oxygen atoms in total. The summed E-state index contributed by atoms with van der Waals surface area (Å²) in [6.07, 6.45) is 1.67. The van der Waals surface area contributed by atoms with Gasteiger partial charge in [0.2, 0.25) is 11.8 Å². The lowest BCUT2D eigenvalue weighted by molar-refractivity contribution is 0.213. The quantitative estimate of drug-likeness (QED) is 0.485. The van der Waals surface area contributed by atoms with Gasteiger partial charge < -0.3 is 9.32 Å². The molecule has 1 aliphatic rings. The first-order valence-electron chi connectivity index (χ1n) is 10.1. The second-order valence-corrected chi connectivity index (χ2v) is 7.76. The molecule has 31 heavy (non-hydrogen) atoms. The van der Waals surface area contributed by atoms with E-state index in [4.69, 9.17) is 4.42 Å². The van der Waals surface area contributed by atoms with Crippen molar-refractivity contribution >= 4 is 22.6 Å². The number of halogens is 1. The van der Waals surface area contributed by atoms with Crippen LogP contribution in [-0.2, 0) is 6.54 Å². The number of nitrogens with zero attached hydrogens (tertiary/aromatic N) is 6. The van der Waals surface area contributed by atoms with Gasteiger partial charge in [0.1, 0.15) is 18.0 Å². The number of anilines is 1. The molecule has 0 spiro atoms. The molecule has 2 aromatic heterocycles. The molecule has 5 rings (SSSR count). The third-order valence-corrected chi connectivity index (χ3v) is 5.36. The fourth-order valence-corrected chi connectivity index (χ4v) is 3.77. The molecule has 0 atom stereocenters. The van der Waals surface area contributed by atoms with Crippen LogP contribution < -0.4 is 4.90 Å². The van der Waals surface area contributed by atoms with Gasteiger partial charge in [-0.05, 0) is 24.3 Å². The van der Waals surface area contributed by atoms with E-state index in [0.717, 1.165) is 16.6 Å². The van der Waals surface area contributed by atoms with E-state index in [9.17, 15) is 9.18 Å². The molecule has 1 saturated heterocycles. The minimum Gasteiger partial charge on any atom is -0.423 e. The monoisotopic (exact) mass is 420 g/mol. The van der Waals surface area contributed by atoms with Crippen LogP contribution in [-0.4, -0.2) is 44.0 Å². The second kappa shape index (κ2) is 7.50. The molecular formula is C22H21FN6O2. The molecule has 0 bridgehead atoms. The third kappa shape index (κ3) is 3.31. The Hall–Kier alpha value is -3.75. The van der Waals surface area contributed by atoms with Crippen LogP contribution in [0.1, 0.15) is 31.5 Å². The minimum absolute atomic E-state index is 0.135. The topological polar surface area (TPSA) is 80.3 Å². The van der Waals surface area contributed by atoms with E-state index in [0.29, 0.717) is 30.6 Å². The summed E-state index contributed by atoms with van der Waals surface area (Å²) in [5, 5.41) is 13.2. The van der Waals surface area contributed by atoms with Crippen LogP contribution in [0.4, 0.5) is 14.9 Å². The number of hydrogen-bond donors (Lipinski definition) is 0. The van der Waals surface area contributed by atoms with Crippen molar-refractivity contribution in [1.82, 2.24) is 24.9 Å². The number of benzene rings is 2. The molecule has 9 heteroatoms. The molecule has 1 fully saturated rings. The highest BCUT2D eigenvalue weighted by atomic mass is 19.1. The van der Waals surface area contributed by atoms with Gasteiger partial charge in [-0.3, -0.25) is 4.90 Å². The van der Waals surface area contributed by atoms with Crippen LogP contribution in [0.25, 0.3) is 16.6 Å². The van der Waals surface area contributed by atoms with Crippen molar-refractivity contribution in [2.45, 2.75) is 26.3 Å². The number of fused-ring (bicyclic) bond motifs is 1. The number of rotatable bonds is 5. The third-order valence-electron chi connectivity index (χ3n) is 5.36. The van der Waals surface area contributed by atoms with Crippen molar-refractivity contribution < 1.29 is 13.6 Å². The highest BCUT2D eigenvalue weighted by molar-refractivity contribution is 6.03. The average Bonchev–Trinajstić information content (AvgIpc) is 3.48. The predicted octanol–water partition coefficient (Wildman–Crippen LogP) is 4.11. The van der Waals surface area contributed by atoms with Crippen LogP contribution in [0.3, 0.4) is 0 Å². The van der Waals surface area contributed by atoms with Gasteiger partial charge in [-0.25, -0.2) is 13.9 Å². The first-order valence-corrected chi connectivity index (χ1v) is 10.1. The summed E-state index contributed by atoms with van der Waals surface area (Å²) in [7, 11) is 0. The summed E-state index contributed by atoms with van der Waals surface area (Å²) in [5.74, 6) is 0.755. The summed E-state index contributed by atoms with van der Waals surface area (Å²) in [6.45, 7) is 5.27. The SMILES string of the molecule is CC(C)c1nnc(CN2CCN(c3cccc4c3cnn4-c3ccccc3F)C2=O)o1. The van der Waals surface area contributed by atoms with E-state index in [1.807, 2.05) is 32.0 Å². The van der Waals surface area contributed by atoms with Crippen molar-refractivity contribution in [3.05, 3.63) is 66.3 Å². The fourth-order valence-electron chi connectivity index (χ4n) is 3.77. The van der Waals surface area contributed by atoms with Gasteiger partial charge in [0.05, 0.1) is 17.4 Å². The van der Waals surface area contributed by atoms with E-state index in [1.165, 1.54) is 6.07 Å². The lowest BCUT2D eigenvalue weighted by Crippen LogP contribution is -2.31. The van der Waals surface area contributed by atoms with Gasteiger partial charge in [-0.2, -0.15) is 5.10 Å². The van der Waals surface area contributed by atoms with E-state index < -0.39 is 0 Å².